The van der Waals surface area contributed by atoms with E-state index in [9.17, 15) is 13.6 Å². The largest absolute Gasteiger partial charge is 0.490 e. The summed E-state index contributed by atoms with van der Waals surface area (Å²) in [6, 6.07) is 4.13. The number of anilines is 1. The standard InChI is InChI=1S/C19H24F2N4O3S/c1-2-27-15-10-12(8-9-14(15)28-17(20)21)11-22-18(26)23-19-25-24-16(29-19)13-6-4-3-5-7-13/h8-10,13,17H,2-7,11H2,1H3,(H2,22,23,25,26). The summed E-state index contributed by atoms with van der Waals surface area (Å²) in [5.74, 6) is 0.596. The molecule has 10 heteroatoms. The molecule has 1 aliphatic carbocycles. The van der Waals surface area contributed by atoms with Crippen LogP contribution in [-0.4, -0.2) is 29.4 Å². The second-order valence-corrected chi connectivity index (χ2v) is 7.69. The summed E-state index contributed by atoms with van der Waals surface area (Å²) in [4.78, 5) is 12.2. The van der Waals surface area contributed by atoms with Crippen molar-refractivity contribution >= 4 is 22.5 Å². The van der Waals surface area contributed by atoms with Gasteiger partial charge in [0.05, 0.1) is 6.61 Å². The van der Waals surface area contributed by atoms with Gasteiger partial charge in [-0.1, -0.05) is 36.7 Å². The molecular formula is C19H24F2N4O3S. The van der Waals surface area contributed by atoms with Crippen molar-refractivity contribution in [1.82, 2.24) is 15.5 Å². The summed E-state index contributed by atoms with van der Waals surface area (Å²) in [5, 5.41) is 15.1. The number of rotatable bonds is 8. The molecule has 0 spiro atoms. The van der Waals surface area contributed by atoms with Crippen LogP contribution in [0.25, 0.3) is 0 Å². The Morgan fingerprint density at radius 3 is 2.76 bits per heavy atom. The number of nitrogens with one attached hydrogen (secondary N) is 2. The molecule has 1 aliphatic rings. The summed E-state index contributed by atoms with van der Waals surface area (Å²) in [7, 11) is 0. The Bertz CT molecular complexity index is 813. The molecule has 29 heavy (non-hydrogen) atoms. The Hall–Kier alpha value is -2.49. The van der Waals surface area contributed by atoms with Gasteiger partial charge < -0.3 is 14.8 Å². The molecule has 0 radical (unpaired) electrons. The Balaban J connectivity index is 1.53. The van der Waals surface area contributed by atoms with Crippen LogP contribution >= 0.6 is 11.3 Å². The zero-order valence-corrected chi connectivity index (χ0v) is 16.9. The van der Waals surface area contributed by atoms with Crippen molar-refractivity contribution in [3.05, 3.63) is 28.8 Å². The highest BCUT2D eigenvalue weighted by Crippen LogP contribution is 2.35. The van der Waals surface area contributed by atoms with Crippen molar-refractivity contribution < 1.29 is 23.0 Å². The van der Waals surface area contributed by atoms with Gasteiger partial charge in [0, 0.05) is 12.5 Å². The van der Waals surface area contributed by atoms with Crippen molar-refractivity contribution in [1.29, 1.82) is 0 Å². The minimum Gasteiger partial charge on any atom is -0.490 e. The summed E-state index contributed by atoms with van der Waals surface area (Å²) in [5.41, 5.74) is 0.686. The molecule has 0 unspecified atom stereocenters. The molecular weight excluding hydrogens is 402 g/mol. The molecule has 158 valence electrons. The van der Waals surface area contributed by atoms with E-state index < -0.39 is 12.6 Å². The Morgan fingerprint density at radius 1 is 1.24 bits per heavy atom. The maximum atomic E-state index is 12.5. The zero-order chi connectivity index (χ0) is 20.6. The van der Waals surface area contributed by atoms with Gasteiger partial charge in [-0.3, -0.25) is 5.32 Å². The number of benzene rings is 1. The number of ether oxygens (including phenoxy) is 2. The molecule has 0 aliphatic heterocycles. The molecule has 1 heterocycles. The van der Waals surface area contributed by atoms with E-state index in [1.807, 2.05) is 0 Å². The van der Waals surface area contributed by atoms with Crippen LogP contribution in [0.15, 0.2) is 18.2 Å². The van der Waals surface area contributed by atoms with Crippen LogP contribution in [0.5, 0.6) is 11.5 Å². The van der Waals surface area contributed by atoms with Gasteiger partial charge in [0.15, 0.2) is 11.5 Å². The fourth-order valence-electron chi connectivity index (χ4n) is 3.25. The van der Waals surface area contributed by atoms with Gasteiger partial charge in [0.1, 0.15) is 5.01 Å². The van der Waals surface area contributed by atoms with Gasteiger partial charge in [-0.15, -0.1) is 10.2 Å². The number of hydrogen-bond donors (Lipinski definition) is 2. The van der Waals surface area contributed by atoms with Crippen LogP contribution in [0.2, 0.25) is 0 Å². The number of aromatic nitrogens is 2. The summed E-state index contributed by atoms with van der Waals surface area (Å²) >= 11 is 1.40. The number of alkyl halides is 2. The molecule has 3 rings (SSSR count). The number of hydrogen-bond acceptors (Lipinski definition) is 6. The number of carbonyl (C=O) groups is 1. The molecule has 0 atom stereocenters. The molecule has 1 aromatic carbocycles. The zero-order valence-electron chi connectivity index (χ0n) is 16.1. The maximum Gasteiger partial charge on any atom is 0.387 e. The lowest BCUT2D eigenvalue weighted by molar-refractivity contribution is -0.0514. The third kappa shape index (κ3) is 6.25. The van der Waals surface area contributed by atoms with Crippen molar-refractivity contribution in [2.75, 3.05) is 11.9 Å². The molecule has 1 aromatic heterocycles. The van der Waals surface area contributed by atoms with Gasteiger partial charge in [0.25, 0.3) is 0 Å². The van der Waals surface area contributed by atoms with E-state index >= 15 is 0 Å². The molecule has 0 bridgehead atoms. The molecule has 1 saturated carbocycles. The number of carbonyl (C=O) groups excluding carboxylic acids is 1. The summed E-state index contributed by atoms with van der Waals surface area (Å²) in [6.07, 6.45) is 5.92. The lowest BCUT2D eigenvalue weighted by Gasteiger charge is -2.18. The Labute approximate surface area is 171 Å². The minimum absolute atomic E-state index is 0.0425. The van der Waals surface area contributed by atoms with Gasteiger partial charge in [-0.05, 0) is 37.5 Å². The first-order valence-corrected chi connectivity index (χ1v) is 10.5. The lowest BCUT2D eigenvalue weighted by Crippen LogP contribution is -2.28. The molecule has 0 saturated heterocycles. The van der Waals surface area contributed by atoms with Crippen molar-refractivity contribution in [2.45, 2.75) is 58.1 Å². The van der Waals surface area contributed by atoms with Gasteiger partial charge >= 0.3 is 12.6 Å². The maximum absolute atomic E-state index is 12.5. The van der Waals surface area contributed by atoms with Gasteiger partial charge in [-0.2, -0.15) is 8.78 Å². The first-order valence-electron chi connectivity index (χ1n) is 9.64. The number of amides is 2. The van der Waals surface area contributed by atoms with E-state index in [2.05, 4.69) is 25.6 Å². The summed E-state index contributed by atoms with van der Waals surface area (Å²) in [6.45, 7) is -0.699. The fraction of sp³-hybridized carbons (Fsp3) is 0.526. The molecule has 2 N–H and O–H groups in total. The van der Waals surface area contributed by atoms with E-state index in [1.54, 1.807) is 19.1 Å². The Kier molecular flexibility index (Phi) is 7.56. The molecule has 1 fully saturated rings. The summed E-state index contributed by atoms with van der Waals surface area (Å²) < 4.78 is 34.7. The Morgan fingerprint density at radius 2 is 2.03 bits per heavy atom. The van der Waals surface area contributed by atoms with E-state index in [1.165, 1.54) is 36.7 Å². The van der Waals surface area contributed by atoms with Crippen LogP contribution < -0.4 is 20.1 Å². The van der Waals surface area contributed by atoms with Gasteiger partial charge in [-0.25, -0.2) is 4.79 Å². The number of nitrogens with zero attached hydrogens (tertiary/aromatic N) is 2. The second-order valence-electron chi connectivity index (χ2n) is 6.68. The number of urea groups is 1. The topological polar surface area (TPSA) is 85.4 Å². The van der Waals surface area contributed by atoms with Crippen LogP contribution in [0, 0.1) is 0 Å². The van der Waals surface area contributed by atoms with Gasteiger partial charge in [0.2, 0.25) is 5.13 Å². The smallest absolute Gasteiger partial charge is 0.387 e. The van der Waals surface area contributed by atoms with Crippen LogP contribution in [0.3, 0.4) is 0 Å². The monoisotopic (exact) mass is 426 g/mol. The van der Waals surface area contributed by atoms with E-state index in [-0.39, 0.29) is 18.0 Å². The third-order valence-electron chi connectivity index (χ3n) is 4.59. The van der Waals surface area contributed by atoms with Crippen molar-refractivity contribution in [3.8, 4) is 11.5 Å². The molecule has 2 amide bonds. The molecule has 7 nitrogen and oxygen atoms in total. The minimum atomic E-state index is -2.94. The molecule has 2 aromatic rings. The quantitative estimate of drug-likeness (QED) is 0.627. The predicted molar refractivity (Wildman–Crippen MR) is 106 cm³/mol. The first-order chi connectivity index (χ1) is 14.0. The van der Waals surface area contributed by atoms with E-state index in [4.69, 9.17) is 4.74 Å². The average molecular weight is 426 g/mol. The van der Waals surface area contributed by atoms with Crippen LogP contribution in [-0.2, 0) is 6.54 Å². The van der Waals surface area contributed by atoms with Crippen LogP contribution in [0.1, 0.15) is 55.5 Å². The third-order valence-corrected chi connectivity index (χ3v) is 5.59. The highest BCUT2D eigenvalue weighted by atomic mass is 32.1. The average Bonchev–Trinajstić information content (AvgIpc) is 3.17. The van der Waals surface area contributed by atoms with Crippen molar-refractivity contribution in [3.63, 3.8) is 0 Å². The van der Waals surface area contributed by atoms with Crippen LogP contribution in [0.4, 0.5) is 18.7 Å². The SMILES string of the molecule is CCOc1cc(CNC(=O)Nc2nnc(C3CCCCC3)s2)ccc1OC(F)F. The first kappa shape index (κ1) is 21.2. The highest BCUT2D eigenvalue weighted by Gasteiger charge is 2.20. The second kappa shape index (κ2) is 10.3. The highest BCUT2D eigenvalue weighted by molar-refractivity contribution is 7.15. The normalized spacial score (nSPS) is 14.6. The predicted octanol–water partition coefficient (Wildman–Crippen LogP) is 4.91. The lowest BCUT2D eigenvalue weighted by atomic mass is 9.90. The van der Waals surface area contributed by atoms with Crippen molar-refractivity contribution in [2.24, 2.45) is 0 Å². The van der Waals surface area contributed by atoms with E-state index in [0.717, 1.165) is 17.8 Å². The fourth-order valence-corrected chi connectivity index (χ4v) is 4.15. The number of halogens is 2. The van der Waals surface area contributed by atoms with E-state index in [0.29, 0.717) is 23.2 Å².